The Bertz CT molecular complexity index is 1050. The van der Waals surface area contributed by atoms with E-state index in [1.807, 2.05) is 49.4 Å². The molecule has 0 fully saturated rings. The van der Waals surface area contributed by atoms with Crippen LogP contribution in [0.4, 0.5) is 0 Å². The van der Waals surface area contributed by atoms with E-state index >= 15 is 0 Å². The number of ether oxygens (including phenoxy) is 3. The standard InChI is InChI=1S/C29H32O7S/c1-4-25(30)34-19-29(6-3,20-35-26(31)5-2)21-36-27(32)16-17-37-18-22-12-14-24(15-13-22)28(33)23-10-8-7-9-11-23/h4-5,7-15H,1-2,6,16-21H2,3H3. The van der Waals surface area contributed by atoms with Crippen LogP contribution in [0.3, 0.4) is 0 Å². The number of benzene rings is 2. The first kappa shape index (κ1) is 29.6. The Morgan fingerprint density at radius 3 is 1.89 bits per heavy atom. The van der Waals surface area contributed by atoms with E-state index in [0.717, 1.165) is 17.7 Å². The molecule has 0 aliphatic carbocycles. The Labute approximate surface area is 221 Å². The molecule has 2 aromatic carbocycles. The minimum Gasteiger partial charge on any atom is -0.465 e. The number of thioether (sulfide) groups is 1. The quantitative estimate of drug-likeness (QED) is 0.100. The molecule has 196 valence electrons. The van der Waals surface area contributed by atoms with Gasteiger partial charge in [-0.3, -0.25) is 9.59 Å². The molecule has 37 heavy (non-hydrogen) atoms. The topological polar surface area (TPSA) is 96.0 Å². The summed E-state index contributed by atoms with van der Waals surface area (Å²) >= 11 is 1.57. The number of hydrogen-bond donors (Lipinski definition) is 0. The molecule has 2 aromatic rings. The van der Waals surface area contributed by atoms with Crippen molar-refractivity contribution in [1.29, 1.82) is 0 Å². The molecule has 0 aliphatic heterocycles. The number of carbonyl (C=O) groups is 4. The Balaban J connectivity index is 1.80. The first-order valence-corrected chi connectivity index (χ1v) is 13.0. The summed E-state index contributed by atoms with van der Waals surface area (Å²) < 4.78 is 15.7. The largest absolute Gasteiger partial charge is 0.465 e. The van der Waals surface area contributed by atoms with Crippen LogP contribution in [0.25, 0.3) is 0 Å². The smallest absolute Gasteiger partial charge is 0.330 e. The Hall–Kier alpha value is -3.65. The van der Waals surface area contributed by atoms with Crippen molar-refractivity contribution in [3.05, 3.63) is 96.6 Å². The van der Waals surface area contributed by atoms with Crippen LogP contribution in [0.15, 0.2) is 79.9 Å². The van der Waals surface area contributed by atoms with Crippen molar-refractivity contribution in [3.63, 3.8) is 0 Å². The maximum Gasteiger partial charge on any atom is 0.330 e. The predicted molar refractivity (Wildman–Crippen MR) is 143 cm³/mol. The molecule has 0 aromatic heterocycles. The summed E-state index contributed by atoms with van der Waals surface area (Å²) in [5.41, 5.74) is 1.44. The van der Waals surface area contributed by atoms with E-state index in [9.17, 15) is 19.2 Å². The normalized spacial score (nSPS) is 10.7. The monoisotopic (exact) mass is 524 g/mol. The Morgan fingerprint density at radius 1 is 0.811 bits per heavy atom. The molecule has 0 heterocycles. The minimum absolute atomic E-state index is 0.0239. The lowest BCUT2D eigenvalue weighted by Gasteiger charge is -2.30. The van der Waals surface area contributed by atoms with Crippen molar-refractivity contribution in [2.45, 2.75) is 25.5 Å². The molecule has 0 atom stereocenters. The fraction of sp³-hybridized carbons (Fsp3) is 0.310. The van der Waals surface area contributed by atoms with E-state index in [-0.39, 0.29) is 32.0 Å². The zero-order chi connectivity index (χ0) is 27.1. The molecule has 2 rings (SSSR count). The third kappa shape index (κ3) is 10.1. The SMILES string of the molecule is C=CC(=O)OCC(CC)(COC(=O)C=C)COC(=O)CCSCc1ccc(C(=O)c2ccccc2)cc1. The highest BCUT2D eigenvalue weighted by Gasteiger charge is 2.33. The fourth-order valence-corrected chi connectivity index (χ4v) is 4.04. The summed E-state index contributed by atoms with van der Waals surface area (Å²) in [6.07, 6.45) is 2.70. The van der Waals surface area contributed by atoms with Gasteiger partial charge in [-0.2, -0.15) is 11.8 Å². The van der Waals surface area contributed by atoms with Gasteiger partial charge in [0.25, 0.3) is 0 Å². The van der Waals surface area contributed by atoms with Crippen molar-refractivity contribution in [2.24, 2.45) is 5.41 Å². The van der Waals surface area contributed by atoms with Crippen molar-refractivity contribution < 1.29 is 33.4 Å². The molecule has 0 spiro atoms. The molecular formula is C29H32O7S. The summed E-state index contributed by atoms with van der Waals surface area (Å²) in [5, 5.41) is 0. The fourth-order valence-electron chi connectivity index (χ4n) is 3.16. The van der Waals surface area contributed by atoms with Gasteiger partial charge in [-0.25, -0.2) is 9.59 Å². The second-order valence-electron chi connectivity index (χ2n) is 8.33. The van der Waals surface area contributed by atoms with Crippen LogP contribution in [0, 0.1) is 5.41 Å². The zero-order valence-corrected chi connectivity index (χ0v) is 21.8. The maximum absolute atomic E-state index is 12.5. The number of rotatable bonds is 16. The Kier molecular flexibility index (Phi) is 12.4. The summed E-state index contributed by atoms with van der Waals surface area (Å²) in [6.45, 7) is 8.29. The average Bonchev–Trinajstić information content (AvgIpc) is 2.95. The van der Waals surface area contributed by atoms with Gasteiger partial charge in [-0.05, 0) is 12.0 Å². The van der Waals surface area contributed by atoms with Gasteiger partial charge in [-0.15, -0.1) is 0 Å². The maximum atomic E-state index is 12.5. The summed E-state index contributed by atoms with van der Waals surface area (Å²) in [4.78, 5) is 47.9. The molecule has 0 saturated heterocycles. The number of carbonyl (C=O) groups excluding carboxylic acids is 4. The van der Waals surface area contributed by atoms with E-state index in [1.165, 1.54) is 0 Å². The van der Waals surface area contributed by atoms with Crippen LogP contribution in [0.5, 0.6) is 0 Å². The van der Waals surface area contributed by atoms with Crippen molar-refractivity contribution in [1.82, 2.24) is 0 Å². The third-order valence-electron chi connectivity index (χ3n) is 5.64. The minimum atomic E-state index is -0.876. The summed E-state index contributed by atoms with van der Waals surface area (Å²) in [5.74, 6) is -0.440. The first-order chi connectivity index (χ1) is 17.8. The Morgan fingerprint density at radius 2 is 1.35 bits per heavy atom. The first-order valence-electron chi connectivity index (χ1n) is 11.8. The van der Waals surface area contributed by atoms with Gasteiger partial charge in [-0.1, -0.05) is 74.7 Å². The molecular weight excluding hydrogens is 492 g/mol. The molecule has 0 amide bonds. The van der Waals surface area contributed by atoms with Crippen molar-refractivity contribution in [2.75, 3.05) is 25.6 Å². The molecule has 0 unspecified atom stereocenters. The molecule has 0 radical (unpaired) electrons. The highest BCUT2D eigenvalue weighted by atomic mass is 32.2. The van der Waals surface area contributed by atoms with E-state index in [1.54, 1.807) is 23.9 Å². The second kappa shape index (κ2) is 15.5. The van der Waals surface area contributed by atoms with E-state index < -0.39 is 23.3 Å². The van der Waals surface area contributed by atoms with Gasteiger partial charge in [0.2, 0.25) is 0 Å². The van der Waals surface area contributed by atoms with Gasteiger partial charge >= 0.3 is 17.9 Å². The molecule has 7 nitrogen and oxygen atoms in total. The summed E-state index contributed by atoms with van der Waals surface area (Å²) in [7, 11) is 0. The van der Waals surface area contributed by atoms with Crippen LogP contribution in [-0.4, -0.2) is 49.3 Å². The number of ketones is 1. The lowest BCUT2D eigenvalue weighted by molar-refractivity contribution is -0.158. The van der Waals surface area contributed by atoms with Gasteiger partial charge in [0.15, 0.2) is 5.78 Å². The molecule has 0 aliphatic rings. The second-order valence-corrected chi connectivity index (χ2v) is 9.44. The average molecular weight is 525 g/mol. The summed E-state index contributed by atoms with van der Waals surface area (Å²) in [6, 6.07) is 16.5. The lowest BCUT2D eigenvalue weighted by atomic mass is 9.88. The van der Waals surface area contributed by atoms with Crippen LogP contribution in [0.2, 0.25) is 0 Å². The van der Waals surface area contributed by atoms with Gasteiger partial charge < -0.3 is 14.2 Å². The van der Waals surface area contributed by atoms with Gasteiger partial charge in [0, 0.05) is 34.8 Å². The van der Waals surface area contributed by atoms with Gasteiger partial charge in [0.05, 0.1) is 11.8 Å². The molecule has 0 saturated carbocycles. The number of hydrogen-bond acceptors (Lipinski definition) is 8. The molecule has 0 N–H and O–H groups in total. The molecule has 8 heteroatoms. The lowest BCUT2D eigenvalue weighted by Crippen LogP contribution is -2.38. The van der Waals surface area contributed by atoms with E-state index in [4.69, 9.17) is 14.2 Å². The van der Waals surface area contributed by atoms with Crippen molar-refractivity contribution in [3.8, 4) is 0 Å². The van der Waals surface area contributed by atoms with Crippen LogP contribution in [-0.2, 0) is 34.3 Å². The van der Waals surface area contributed by atoms with E-state index in [0.29, 0.717) is 29.1 Å². The van der Waals surface area contributed by atoms with E-state index in [2.05, 4.69) is 13.2 Å². The predicted octanol–water partition coefficient (Wildman–Crippen LogP) is 4.94. The highest BCUT2D eigenvalue weighted by molar-refractivity contribution is 7.98. The van der Waals surface area contributed by atoms with Gasteiger partial charge in [0.1, 0.15) is 19.8 Å². The third-order valence-corrected chi connectivity index (χ3v) is 6.67. The number of esters is 3. The molecule has 0 bridgehead atoms. The zero-order valence-electron chi connectivity index (χ0n) is 21.0. The highest BCUT2D eigenvalue weighted by Crippen LogP contribution is 2.25. The van der Waals surface area contributed by atoms with Crippen LogP contribution < -0.4 is 0 Å². The van der Waals surface area contributed by atoms with Crippen LogP contribution in [0.1, 0.15) is 41.3 Å². The van der Waals surface area contributed by atoms with Crippen molar-refractivity contribution >= 4 is 35.5 Å². The van der Waals surface area contributed by atoms with Crippen LogP contribution >= 0.6 is 11.8 Å².